The van der Waals surface area contributed by atoms with E-state index in [1.54, 1.807) is 19.2 Å². The summed E-state index contributed by atoms with van der Waals surface area (Å²) in [5, 5.41) is 22.0. The lowest BCUT2D eigenvalue weighted by atomic mass is 9.99. The van der Waals surface area contributed by atoms with Gasteiger partial charge in [-0.25, -0.2) is 0 Å². The van der Waals surface area contributed by atoms with Gasteiger partial charge in [-0.15, -0.1) is 0 Å². The van der Waals surface area contributed by atoms with Crippen LogP contribution in [0.4, 0.5) is 0 Å². The number of ether oxygens (including phenoxy) is 2. The largest absolute Gasteiger partial charge is 0.490 e. The van der Waals surface area contributed by atoms with Gasteiger partial charge in [0.2, 0.25) is 0 Å². The van der Waals surface area contributed by atoms with Crippen molar-refractivity contribution in [2.24, 2.45) is 4.99 Å². The first kappa shape index (κ1) is 22.7. The fourth-order valence-corrected chi connectivity index (χ4v) is 3.93. The van der Waals surface area contributed by atoms with Crippen molar-refractivity contribution in [2.75, 3.05) is 33.5 Å². The first-order valence-corrected chi connectivity index (χ1v) is 10.5. The van der Waals surface area contributed by atoms with E-state index in [4.69, 9.17) is 19.6 Å². The molecule has 31 heavy (non-hydrogen) atoms. The van der Waals surface area contributed by atoms with Gasteiger partial charge in [0.25, 0.3) is 0 Å². The van der Waals surface area contributed by atoms with Crippen molar-refractivity contribution in [3.05, 3.63) is 70.8 Å². The number of fused-ring (bicyclic) bond motifs is 1. The van der Waals surface area contributed by atoms with Gasteiger partial charge in [-0.2, -0.15) is 5.26 Å². The Bertz CT molecular complexity index is 1010. The van der Waals surface area contributed by atoms with Crippen molar-refractivity contribution in [3.63, 3.8) is 0 Å². The third-order valence-corrected chi connectivity index (χ3v) is 5.44. The average Bonchev–Trinajstić information content (AvgIpc) is 3.20. The van der Waals surface area contributed by atoms with Gasteiger partial charge in [-0.3, -0.25) is 4.99 Å². The zero-order chi connectivity index (χ0) is 22.2. The molecule has 0 spiro atoms. The Kier molecular flexibility index (Phi) is 7.96. The lowest BCUT2D eigenvalue weighted by Gasteiger charge is -2.14. The zero-order valence-corrected chi connectivity index (χ0v) is 18.1. The lowest BCUT2D eigenvalue weighted by Crippen LogP contribution is -2.22. The summed E-state index contributed by atoms with van der Waals surface area (Å²) in [6.07, 6.45) is 1.98. The second-order valence-corrected chi connectivity index (χ2v) is 7.45. The van der Waals surface area contributed by atoms with Crippen LogP contribution in [0.2, 0.25) is 0 Å². The second-order valence-electron chi connectivity index (χ2n) is 7.45. The van der Waals surface area contributed by atoms with Gasteiger partial charge >= 0.3 is 0 Å². The molecule has 1 aliphatic carbocycles. The number of aliphatic imine (C=N–C) groups is 1. The van der Waals surface area contributed by atoms with Gasteiger partial charge in [0, 0.05) is 31.0 Å². The van der Waals surface area contributed by atoms with E-state index in [1.807, 2.05) is 13.0 Å². The van der Waals surface area contributed by atoms with Crippen LogP contribution in [0, 0.1) is 11.3 Å². The molecule has 0 fully saturated rings. The van der Waals surface area contributed by atoms with E-state index >= 15 is 0 Å². The highest BCUT2D eigenvalue weighted by Gasteiger charge is 2.24. The first-order chi connectivity index (χ1) is 15.1. The van der Waals surface area contributed by atoms with Crippen LogP contribution >= 0.6 is 0 Å². The van der Waals surface area contributed by atoms with E-state index in [9.17, 15) is 5.26 Å². The Morgan fingerprint density at radius 1 is 1.32 bits per heavy atom. The molecule has 0 heterocycles. The molecule has 0 bridgehead atoms. The third kappa shape index (κ3) is 5.39. The van der Waals surface area contributed by atoms with E-state index in [1.165, 1.54) is 11.1 Å². The van der Waals surface area contributed by atoms with Crippen molar-refractivity contribution in [1.82, 2.24) is 5.32 Å². The quantitative estimate of drug-likeness (QED) is 0.454. The number of aliphatic hydroxyl groups is 1. The molecule has 6 nitrogen and oxygen atoms in total. The molecule has 0 aromatic heterocycles. The van der Waals surface area contributed by atoms with Crippen molar-refractivity contribution in [2.45, 2.75) is 25.8 Å². The number of hydrogen-bond acceptors (Lipinski definition) is 6. The fraction of sp³-hybridized carbons (Fsp3) is 0.360. The van der Waals surface area contributed by atoms with Crippen LogP contribution in [0.3, 0.4) is 0 Å². The molecule has 0 amide bonds. The minimum atomic E-state index is 0.132. The highest BCUT2D eigenvalue weighted by atomic mass is 16.5. The highest BCUT2D eigenvalue weighted by molar-refractivity contribution is 6.03. The van der Waals surface area contributed by atoms with E-state index in [0.717, 1.165) is 29.7 Å². The van der Waals surface area contributed by atoms with E-state index in [2.05, 4.69) is 36.2 Å². The van der Waals surface area contributed by atoms with Crippen molar-refractivity contribution >= 4 is 11.4 Å². The Hall–Kier alpha value is -2.98. The SMILES string of the molecule is C=C(N=C(C)c1cccc2c1CCC2NCCO)c1ccc(OCCOC)c(C#N)c1. The minimum Gasteiger partial charge on any atom is -0.490 e. The lowest BCUT2D eigenvalue weighted by molar-refractivity contribution is 0.146. The number of nitrogens with zero attached hydrogens (tertiary/aromatic N) is 2. The molecule has 6 heteroatoms. The Morgan fingerprint density at radius 2 is 2.16 bits per heavy atom. The molecule has 162 valence electrons. The van der Waals surface area contributed by atoms with Gasteiger partial charge in [0.15, 0.2) is 0 Å². The fourth-order valence-electron chi connectivity index (χ4n) is 3.93. The molecular formula is C25H29N3O3. The number of rotatable bonds is 10. The molecule has 0 aliphatic heterocycles. The van der Waals surface area contributed by atoms with Crippen LogP contribution in [-0.2, 0) is 11.2 Å². The number of nitriles is 1. The summed E-state index contributed by atoms with van der Waals surface area (Å²) < 4.78 is 10.6. The van der Waals surface area contributed by atoms with Crippen molar-refractivity contribution < 1.29 is 14.6 Å². The molecule has 3 rings (SSSR count). The maximum Gasteiger partial charge on any atom is 0.137 e. The summed E-state index contributed by atoms with van der Waals surface area (Å²) >= 11 is 0. The summed E-state index contributed by atoms with van der Waals surface area (Å²) in [7, 11) is 1.61. The van der Waals surface area contributed by atoms with Gasteiger partial charge in [0.1, 0.15) is 18.4 Å². The van der Waals surface area contributed by atoms with Crippen molar-refractivity contribution in [3.8, 4) is 11.8 Å². The summed E-state index contributed by atoms with van der Waals surface area (Å²) in [6.45, 7) is 7.67. The Morgan fingerprint density at radius 3 is 2.90 bits per heavy atom. The second kappa shape index (κ2) is 10.9. The van der Waals surface area contributed by atoms with Gasteiger partial charge < -0.3 is 19.9 Å². The molecule has 0 saturated heterocycles. The smallest absolute Gasteiger partial charge is 0.137 e. The van der Waals surface area contributed by atoms with Crippen LogP contribution in [-0.4, -0.2) is 44.3 Å². The average molecular weight is 420 g/mol. The molecule has 1 unspecified atom stereocenters. The highest BCUT2D eigenvalue weighted by Crippen LogP contribution is 2.34. The summed E-state index contributed by atoms with van der Waals surface area (Å²) in [4.78, 5) is 4.75. The van der Waals surface area contributed by atoms with Gasteiger partial charge in [-0.1, -0.05) is 24.8 Å². The number of nitrogens with one attached hydrogen (secondary N) is 1. The van der Waals surface area contributed by atoms with Crippen LogP contribution < -0.4 is 10.1 Å². The minimum absolute atomic E-state index is 0.132. The molecule has 2 aromatic carbocycles. The van der Waals surface area contributed by atoms with E-state index in [-0.39, 0.29) is 12.6 Å². The topological polar surface area (TPSA) is 86.9 Å². The predicted molar refractivity (Wildman–Crippen MR) is 122 cm³/mol. The summed E-state index contributed by atoms with van der Waals surface area (Å²) in [5.74, 6) is 0.527. The monoisotopic (exact) mass is 419 g/mol. The number of hydrogen-bond donors (Lipinski definition) is 2. The van der Waals surface area contributed by atoms with Crippen molar-refractivity contribution in [1.29, 1.82) is 5.26 Å². The van der Waals surface area contributed by atoms with Crippen LogP contribution in [0.15, 0.2) is 48.0 Å². The van der Waals surface area contributed by atoms with Gasteiger partial charge in [0.05, 0.1) is 24.5 Å². The van der Waals surface area contributed by atoms with Crippen LogP contribution in [0.5, 0.6) is 5.75 Å². The maximum absolute atomic E-state index is 9.48. The van der Waals surface area contributed by atoms with Gasteiger partial charge in [-0.05, 0) is 54.7 Å². The Balaban J connectivity index is 1.81. The van der Waals surface area contributed by atoms with Crippen LogP contribution in [0.1, 0.15) is 47.2 Å². The van der Waals surface area contributed by atoms with Crippen LogP contribution in [0.25, 0.3) is 5.70 Å². The van der Waals surface area contributed by atoms with E-state index in [0.29, 0.717) is 36.8 Å². The van der Waals surface area contributed by atoms with E-state index < -0.39 is 0 Å². The molecule has 1 aliphatic rings. The molecule has 0 radical (unpaired) electrons. The molecule has 1 atom stereocenters. The zero-order valence-electron chi connectivity index (χ0n) is 18.1. The third-order valence-electron chi connectivity index (χ3n) is 5.44. The molecule has 2 N–H and O–H groups in total. The molecular weight excluding hydrogens is 390 g/mol. The predicted octanol–water partition coefficient (Wildman–Crippen LogP) is 3.63. The standard InChI is InChI=1S/C25H29N3O3/c1-17(19-7-10-25(20(15-19)16-26)31-14-13-30-3)28-18(2)21-5-4-6-23-22(21)8-9-24(23)27-11-12-29/h4-7,10,15,24,27,29H,1,8-9,11-14H2,2-3H3. The molecule has 2 aromatic rings. The molecule has 0 saturated carbocycles. The number of benzene rings is 2. The summed E-state index contributed by atoms with van der Waals surface area (Å²) in [6, 6.07) is 14.1. The summed E-state index contributed by atoms with van der Waals surface area (Å²) in [5.41, 5.74) is 6.41. The number of aliphatic hydroxyl groups excluding tert-OH is 1. The Labute approximate surface area is 183 Å². The number of methoxy groups -OCH3 is 1. The maximum atomic E-state index is 9.48. The normalized spacial score (nSPS) is 15.4. The first-order valence-electron chi connectivity index (χ1n) is 10.5.